The minimum Gasteiger partial charge on any atom is -0.363 e. The Labute approximate surface area is 94.7 Å². The summed E-state index contributed by atoms with van der Waals surface area (Å²) in [5.74, 6) is 6.77. The molecule has 0 aliphatic heterocycles. The first-order valence-electron chi connectivity index (χ1n) is 4.87. The van der Waals surface area contributed by atoms with Crippen molar-refractivity contribution in [3.8, 4) is 11.8 Å². The molecule has 0 unspecified atom stereocenters. The van der Waals surface area contributed by atoms with Crippen LogP contribution in [0.15, 0.2) is 23.4 Å². The van der Waals surface area contributed by atoms with Gasteiger partial charge >= 0.3 is 0 Å². The van der Waals surface area contributed by atoms with E-state index in [0.717, 1.165) is 11.4 Å². The fraction of sp³-hybridized carbons (Fsp3) is 0.364. The molecule has 1 rings (SSSR count). The molecule has 0 N–H and O–H groups in total. The highest BCUT2D eigenvalue weighted by molar-refractivity contribution is 5.41. The van der Waals surface area contributed by atoms with Gasteiger partial charge in [0.15, 0.2) is 0 Å². The molecule has 0 aliphatic rings. The van der Waals surface area contributed by atoms with E-state index < -0.39 is 0 Å². The van der Waals surface area contributed by atoms with Crippen LogP contribution in [0.4, 0.5) is 5.82 Å². The number of azide groups is 1. The standard InChI is InChI=1S/C11H13N5/c1-16(2)11-7-6-10(9-13-11)5-3-4-8-14-15-12/h6-7,9H,4,8H2,1-2H3. The van der Waals surface area contributed by atoms with Crippen molar-refractivity contribution in [1.82, 2.24) is 4.98 Å². The van der Waals surface area contributed by atoms with Gasteiger partial charge < -0.3 is 4.90 Å². The Morgan fingerprint density at radius 1 is 1.50 bits per heavy atom. The van der Waals surface area contributed by atoms with E-state index >= 15 is 0 Å². The van der Waals surface area contributed by atoms with Gasteiger partial charge in [-0.15, -0.1) is 0 Å². The summed E-state index contributed by atoms with van der Waals surface area (Å²) in [7, 11) is 3.88. The maximum atomic E-state index is 8.06. The van der Waals surface area contributed by atoms with Crippen LogP contribution >= 0.6 is 0 Å². The SMILES string of the molecule is CN(C)c1ccc(C#CCCN=[N+]=[N-])cn1. The van der Waals surface area contributed by atoms with Gasteiger partial charge in [-0.25, -0.2) is 4.98 Å². The molecular weight excluding hydrogens is 202 g/mol. The second-order valence-corrected chi connectivity index (χ2v) is 3.31. The zero-order valence-corrected chi connectivity index (χ0v) is 9.38. The van der Waals surface area contributed by atoms with E-state index in [9.17, 15) is 0 Å². The summed E-state index contributed by atoms with van der Waals surface area (Å²) >= 11 is 0. The van der Waals surface area contributed by atoms with Gasteiger partial charge in [0.2, 0.25) is 0 Å². The van der Waals surface area contributed by atoms with E-state index in [-0.39, 0.29) is 0 Å². The molecule has 0 aromatic carbocycles. The van der Waals surface area contributed by atoms with Crippen LogP contribution in [0.1, 0.15) is 12.0 Å². The molecule has 0 radical (unpaired) electrons. The lowest BCUT2D eigenvalue weighted by atomic mass is 10.2. The average molecular weight is 215 g/mol. The normalized spacial score (nSPS) is 8.62. The van der Waals surface area contributed by atoms with Gasteiger partial charge in [-0.2, -0.15) is 0 Å². The summed E-state index contributed by atoms with van der Waals surface area (Å²) in [6, 6.07) is 3.83. The predicted molar refractivity (Wildman–Crippen MR) is 64.1 cm³/mol. The lowest BCUT2D eigenvalue weighted by Gasteiger charge is -2.09. The van der Waals surface area contributed by atoms with Gasteiger partial charge in [-0.1, -0.05) is 17.0 Å². The molecule has 5 heteroatoms. The van der Waals surface area contributed by atoms with Crippen LogP contribution in [0.5, 0.6) is 0 Å². The minimum atomic E-state index is 0.409. The number of nitrogens with zero attached hydrogens (tertiary/aromatic N) is 5. The molecule has 0 spiro atoms. The lowest BCUT2D eigenvalue weighted by Crippen LogP contribution is -2.10. The van der Waals surface area contributed by atoms with Crippen molar-refractivity contribution in [2.45, 2.75) is 6.42 Å². The second-order valence-electron chi connectivity index (χ2n) is 3.31. The van der Waals surface area contributed by atoms with Crippen molar-refractivity contribution < 1.29 is 0 Å². The van der Waals surface area contributed by atoms with Crippen molar-refractivity contribution in [2.24, 2.45) is 5.11 Å². The minimum absolute atomic E-state index is 0.409. The number of hydrogen-bond donors (Lipinski definition) is 0. The van der Waals surface area contributed by atoms with E-state index in [2.05, 4.69) is 26.9 Å². The molecular formula is C11H13N5. The number of pyridine rings is 1. The number of aromatic nitrogens is 1. The van der Waals surface area contributed by atoms with Crippen molar-refractivity contribution in [3.05, 3.63) is 34.3 Å². The summed E-state index contributed by atoms with van der Waals surface area (Å²) < 4.78 is 0. The van der Waals surface area contributed by atoms with Crippen LogP contribution in [0, 0.1) is 11.8 Å². The number of anilines is 1. The van der Waals surface area contributed by atoms with Gasteiger partial charge in [-0.05, 0) is 17.7 Å². The van der Waals surface area contributed by atoms with E-state index in [1.165, 1.54) is 0 Å². The Balaban J connectivity index is 2.57. The maximum Gasteiger partial charge on any atom is 0.128 e. The smallest absolute Gasteiger partial charge is 0.128 e. The summed E-state index contributed by atoms with van der Waals surface area (Å²) in [6.45, 7) is 0.409. The van der Waals surface area contributed by atoms with Crippen molar-refractivity contribution >= 4 is 5.82 Å². The van der Waals surface area contributed by atoms with Crippen LogP contribution in [0.25, 0.3) is 10.4 Å². The molecule has 0 saturated heterocycles. The van der Waals surface area contributed by atoms with E-state index in [0.29, 0.717) is 13.0 Å². The van der Waals surface area contributed by atoms with E-state index in [4.69, 9.17) is 5.53 Å². The zero-order valence-electron chi connectivity index (χ0n) is 9.38. The molecule has 0 amide bonds. The molecule has 0 bridgehead atoms. The molecule has 0 fully saturated rings. The molecule has 82 valence electrons. The quantitative estimate of drug-likeness (QED) is 0.255. The molecule has 16 heavy (non-hydrogen) atoms. The summed E-state index contributed by atoms with van der Waals surface area (Å²) in [5, 5.41) is 3.40. The fourth-order valence-electron chi connectivity index (χ4n) is 1.04. The molecule has 0 saturated carbocycles. The Morgan fingerprint density at radius 2 is 2.31 bits per heavy atom. The predicted octanol–water partition coefficient (Wildman–Crippen LogP) is 2.20. The van der Waals surface area contributed by atoms with Crippen LogP contribution in [-0.4, -0.2) is 25.6 Å². The fourth-order valence-corrected chi connectivity index (χ4v) is 1.04. The molecule has 1 aromatic heterocycles. The monoisotopic (exact) mass is 215 g/mol. The van der Waals surface area contributed by atoms with Gasteiger partial charge in [0.25, 0.3) is 0 Å². The Morgan fingerprint density at radius 3 is 2.88 bits per heavy atom. The molecule has 0 aliphatic carbocycles. The van der Waals surface area contributed by atoms with Crippen molar-refractivity contribution in [2.75, 3.05) is 25.5 Å². The highest BCUT2D eigenvalue weighted by Crippen LogP contribution is 2.06. The molecule has 0 atom stereocenters. The van der Waals surface area contributed by atoms with Crippen LogP contribution in [0.2, 0.25) is 0 Å². The maximum absolute atomic E-state index is 8.06. The Hall–Kier alpha value is -2.18. The Bertz CT molecular complexity index is 432. The number of rotatable bonds is 3. The van der Waals surface area contributed by atoms with Crippen LogP contribution in [-0.2, 0) is 0 Å². The highest BCUT2D eigenvalue weighted by Gasteiger charge is 1.94. The first kappa shape index (κ1) is 11.9. The summed E-state index contributed by atoms with van der Waals surface area (Å²) in [6.07, 6.45) is 2.30. The number of hydrogen-bond acceptors (Lipinski definition) is 3. The van der Waals surface area contributed by atoms with Gasteiger partial charge in [-0.3, -0.25) is 0 Å². The van der Waals surface area contributed by atoms with E-state index in [1.54, 1.807) is 6.20 Å². The van der Waals surface area contributed by atoms with Gasteiger partial charge in [0, 0.05) is 43.7 Å². The summed E-state index contributed by atoms with van der Waals surface area (Å²) in [4.78, 5) is 8.81. The first-order valence-corrected chi connectivity index (χ1v) is 4.87. The van der Waals surface area contributed by atoms with Crippen LogP contribution in [0.3, 0.4) is 0 Å². The summed E-state index contributed by atoms with van der Waals surface area (Å²) in [5.41, 5.74) is 8.93. The third-order valence-electron chi connectivity index (χ3n) is 1.84. The van der Waals surface area contributed by atoms with E-state index in [1.807, 2.05) is 31.1 Å². The lowest BCUT2D eigenvalue weighted by molar-refractivity contribution is 1.01. The molecule has 1 aromatic rings. The van der Waals surface area contributed by atoms with Gasteiger partial charge in [0.05, 0.1) is 0 Å². The molecule has 5 nitrogen and oxygen atoms in total. The average Bonchev–Trinajstić information content (AvgIpc) is 2.29. The van der Waals surface area contributed by atoms with Crippen molar-refractivity contribution in [1.29, 1.82) is 0 Å². The first-order chi connectivity index (χ1) is 7.74. The largest absolute Gasteiger partial charge is 0.363 e. The third-order valence-corrected chi connectivity index (χ3v) is 1.84. The highest BCUT2D eigenvalue weighted by atomic mass is 15.1. The topological polar surface area (TPSA) is 64.9 Å². The van der Waals surface area contributed by atoms with Crippen LogP contribution < -0.4 is 4.90 Å². The van der Waals surface area contributed by atoms with Gasteiger partial charge in [0.1, 0.15) is 5.82 Å². The second kappa shape index (κ2) is 6.33. The van der Waals surface area contributed by atoms with Crippen molar-refractivity contribution in [3.63, 3.8) is 0 Å². The zero-order chi connectivity index (χ0) is 11.8. The molecule has 1 heterocycles. The Kier molecular flexibility index (Phi) is 4.71. The third kappa shape index (κ3) is 3.91.